The van der Waals surface area contributed by atoms with Crippen LogP contribution in [0.15, 0.2) is 12.1 Å². The molecule has 1 N–H and O–H groups in total. The molecular weight excluding hydrogens is 222 g/mol. The first-order chi connectivity index (χ1) is 8.25. The summed E-state index contributed by atoms with van der Waals surface area (Å²) in [7, 11) is 1.94. The van der Waals surface area contributed by atoms with Gasteiger partial charge in [-0.25, -0.2) is 0 Å². The molecule has 0 unspecified atom stereocenters. The van der Waals surface area contributed by atoms with Gasteiger partial charge in [-0.2, -0.15) is 0 Å². The maximum atomic E-state index is 9.03. The number of aryl methyl sites for hydroxylation is 2. The quantitative estimate of drug-likeness (QED) is 0.829. The van der Waals surface area contributed by atoms with Crippen LogP contribution in [0.25, 0.3) is 0 Å². The lowest BCUT2D eigenvalue weighted by Crippen LogP contribution is -2.22. The van der Waals surface area contributed by atoms with Gasteiger partial charge in [0.2, 0.25) is 0 Å². The van der Waals surface area contributed by atoms with Gasteiger partial charge in [0.05, 0.1) is 6.73 Å². The van der Waals surface area contributed by atoms with Crippen LogP contribution in [0.4, 0.5) is 0 Å². The van der Waals surface area contributed by atoms with E-state index in [1.807, 2.05) is 11.9 Å². The molecule has 0 saturated heterocycles. The van der Waals surface area contributed by atoms with Crippen molar-refractivity contribution < 1.29 is 5.11 Å². The maximum Gasteiger partial charge on any atom is 0.0954 e. The van der Waals surface area contributed by atoms with Gasteiger partial charge in [0, 0.05) is 6.54 Å². The number of likely N-dealkylation sites (N-methyl/N-ethyl adjacent to an activating group) is 1. The molecule has 0 aliphatic rings. The molecule has 2 nitrogen and oxygen atoms in total. The summed E-state index contributed by atoms with van der Waals surface area (Å²) in [5.41, 5.74) is 5.76. The van der Waals surface area contributed by atoms with E-state index in [1.165, 1.54) is 22.3 Å². The summed E-state index contributed by atoms with van der Waals surface area (Å²) in [5, 5.41) is 9.03. The Labute approximate surface area is 112 Å². The molecule has 0 radical (unpaired) electrons. The van der Waals surface area contributed by atoms with Gasteiger partial charge in [-0.05, 0) is 55.0 Å². The molecule has 0 fully saturated rings. The summed E-state index contributed by atoms with van der Waals surface area (Å²) in [6, 6.07) is 4.61. The second kappa shape index (κ2) is 5.85. The van der Waals surface area contributed by atoms with E-state index in [1.54, 1.807) is 0 Å². The highest BCUT2D eigenvalue weighted by molar-refractivity contribution is 5.40. The van der Waals surface area contributed by atoms with Gasteiger partial charge in [0.15, 0.2) is 0 Å². The highest BCUT2D eigenvalue weighted by Crippen LogP contribution is 2.27. The highest BCUT2D eigenvalue weighted by Gasteiger charge is 2.16. The molecule has 0 aliphatic carbocycles. The number of aliphatic hydroxyl groups excluding tert-OH is 1. The van der Waals surface area contributed by atoms with Crippen molar-refractivity contribution in [3.05, 3.63) is 34.4 Å². The zero-order chi connectivity index (χ0) is 13.9. The van der Waals surface area contributed by atoms with Crippen LogP contribution in [0.5, 0.6) is 0 Å². The second-order valence-corrected chi connectivity index (χ2v) is 6.31. The minimum absolute atomic E-state index is 0.123. The largest absolute Gasteiger partial charge is 0.381 e. The van der Waals surface area contributed by atoms with E-state index in [9.17, 15) is 0 Å². The molecule has 102 valence electrons. The lowest BCUT2D eigenvalue weighted by molar-refractivity contribution is 0.134. The summed E-state index contributed by atoms with van der Waals surface area (Å²) >= 11 is 0. The average molecular weight is 249 g/mol. The van der Waals surface area contributed by atoms with Crippen molar-refractivity contribution in [2.75, 3.05) is 20.3 Å². The molecule has 0 aromatic heterocycles. The molecule has 0 amide bonds. The smallest absolute Gasteiger partial charge is 0.0954 e. The first kappa shape index (κ1) is 15.2. The van der Waals surface area contributed by atoms with E-state index in [0.29, 0.717) is 0 Å². The van der Waals surface area contributed by atoms with Crippen molar-refractivity contribution in [2.24, 2.45) is 0 Å². The number of nitrogens with zero attached hydrogens (tertiary/aromatic N) is 1. The van der Waals surface area contributed by atoms with Crippen LogP contribution < -0.4 is 0 Å². The number of hydrogen-bond donors (Lipinski definition) is 1. The molecular formula is C16H27NO. The molecule has 0 bridgehead atoms. The van der Waals surface area contributed by atoms with Crippen molar-refractivity contribution in [3.8, 4) is 0 Å². The first-order valence-electron chi connectivity index (χ1n) is 6.65. The predicted molar refractivity (Wildman–Crippen MR) is 78.0 cm³/mol. The number of hydrogen-bond acceptors (Lipinski definition) is 2. The van der Waals surface area contributed by atoms with Gasteiger partial charge in [-0.3, -0.25) is 4.90 Å². The zero-order valence-corrected chi connectivity index (χ0v) is 12.7. The Morgan fingerprint density at radius 1 is 1.11 bits per heavy atom. The molecule has 1 aromatic carbocycles. The van der Waals surface area contributed by atoms with Gasteiger partial charge in [-0.1, -0.05) is 32.9 Å². The molecule has 0 spiro atoms. The molecule has 0 atom stereocenters. The van der Waals surface area contributed by atoms with E-state index < -0.39 is 0 Å². The molecule has 0 heterocycles. The van der Waals surface area contributed by atoms with E-state index >= 15 is 0 Å². The van der Waals surface area contributed by atoms with Gasteiger partial charge in [0.25, 0.3) is 0 Å². The Hall–Kier alpha value is -0.860. The van der Waals surface area contributed by atoms with Crippen LogP contribution in [-0.4, -0.2) is 30.3 Å². The molecule has 1 aromatic rings. The predicted octanol–water partition coefficient (Wildman–Crippen LogP) is 3.03. The lowest BCUT2D eigenvalue weighted by atomic mass is 9.83. The second-order valence-electron chi connectivity index (χ2n) is 6.31. The Kier molecular flexibility index (Phi) is 4.94. The van der Waals surface area contributed by atoms with Crippen LogP contribution in [0.2, 0.25) is 0 Å². The number of rotatable bonds is 4. The first-order valence-corrected chi connectivity index (χ1v) is 6.65. The summed E-state index contributed by atoms with van der Waals surface area (Å²) in [5.74, 6) is 0. The maximum absolute atomic E-state index is 9.03. The topological polar surface area (TPSA) is 23.5 Å². The molecule has 18 heavy (non-hydrogen) atoms. The minimum atomic E-state index is 0.123. The Balaban J connectivity index is 2.95. The van der Waals surface area contributed by atoms with Crippen LogP contribution in [0, 0.1) is 13.8 Å². The van der Waals surface area contributed by atoms with Crippen molar-refractivity contribution in [2.45, 2.75) is 46.5 Å². The monoisotopic (exact) mass is 249 g/mol. The molecule has 2 heteroatoms. The standard InChI is InChI=1S/C16H27NO/c1-12-9-14(16(3,4)5)10-13(2)15(12)7-8-17(6)11-18/h9-10,18H,7-8,11H2,1-6H3. The Morgan fingerprint density at radius 2 is 1.61 bits per heavy atom. The van der Waals surface area contributed by atoms with E-state index in [2.05, 4.69) is 46.8 Å². The van der Waals surface area contributed by atoms with Crippen LogP contribution in [-0.2, 0) is 11.8 Å². The van der Waals surface area contributed by atoms with E-state index in [-0.39, 0.29) is 12.1 Å². The fraction of sp³-hybridized carbons (Fsp3) is 0.625. The van der Waals surface area contributed by atoms with Crippen LogP contribution in [0.3, 0.4) is 0 Å². The Morgan fingerprint density at radius 3 is 2.00 bits per heavy atom. The lowest BCUT2D eigenvalue weighted by Gasteiger charge is -2.23. The van der Waals surface area contributed by atoms with Crippen LogP contribution in [0.1, 0.15) is 43.0 Å². The fourth-order valence-corrected chi connectivity index (χ4v) is 2.19. The van der Waals surface area contributed by atoms with Gasteiger partial charge >= 0.3 is 0 Å². The Bertz CT molecular complexity index is 381. The van der Waals surface area contributed by atoms with Gasteiger partial charge in [0.1, 0.15) is 0 Å². The minimum Gasteiger partial charge on any atom is -0.381 e. The van der Waals surface area contributed by atoms with Crippen LogP contribution >= 0.6 is 0 Å². The van der Waals surface area contributed by atoms with Crippen molar-refractivity contribution >= 4 is 0 Å². The summed E-state index contributed by atoms with van der Waals surface area (Å²) in [4.78, 5) is 1.93. The third-order valence-electron chi connectivity index (χ3n) is 3.55. The normalized spacial score (nSPS) is 12.2. The van der Waals surface area contributed by atoms with Crippen molar-refractivity contribution in [1.82, 2.24) is 4.90 Å². The SMILES string of the molecule is Cc1cc(C(C)(C)C)cc(C)c1CCN(C)CO. The molecule has 1 rings (SSSR count). The van der Waals surface area contributed by atoms with Gasteiger partial charge in [-0.15, -0.1) is 0 Å². The highest BCUT2D eigenvalue weighted by atomic mass is 16.3. The van der Waals surface area contributed by atoms with Crippen molar-refractivity contribution in [3.63, 3.8) is 0 Å². The average Bonchev–Trinajstić information content (AvgIpc) is 2.26. The third kappa shape index (κ3) is 3.82. The zero-order valence-electron chi connectivity index (χ0n) is 12.7. The number of aliphatic hydroxyl groups is 1. The summed E-state index contributed by atoms with van der Waals surface area (Å²) in [6.45, 7) is 12.2. The summed E-state index contributed by atoms with van der Waals surface area (Å²) < 4.78 is 0. The van der Waals surface area contributed by atoms with Crippen molar-refractivity contribution in [1.29, 1.82) is 0 Å². The molecule has 0 aliphatic heterocycles. The number of benzene rings is 1. The van der Waals surface area contributed by atoms with E-state index in [4.69, 9.17) is 5.11 Å². The third-order valence-corrected chi connectivity index (χ3v) is 3.55. The van der Waals surface area contributed by atoms with Gasteiger partial charge < -0.3 is 5.11 Å². The molecule has 0 saturated carbocycles. The fourth-order valence-electron chi connectivity index (χ4n) is 2.19. The van der Waals surface area contributed by atoms with E-state index in [0.717, 1.165) is 13.0 Å². The summed E-state index contributed by atoms with van der Waals surface area (Å²) in [6.07, 6.45) is 0.999.